The van der Waals surface area contributed by atoms with Gasteiger partial charge in [0.2, 0.25) is 0 Å². The molecule has 0 atom stereocenters. The third-order valence-electron chi connectivity index (χ3n) is 3.50. The van der Waals surface area contributed by atoms with Gasteiger partial charge in [-0.1, -0.05) is 54.2 Å². The molecule has 0 saturated heterocycles. The molecule has 0 amide bonds. The van der Waals surface area contributed by atoms with E-state index in [1.807, 2.05) is 6.07 Å². The normalized spacial score (nSPS) is 10.6. The Morgan fingerprint density at radius 2 is 1.76 bits per heavy atom. The minimum absolute atomic E-state index is 0.00865. The maximum Gasteiger partial charge on any atom is 0.284 e. The van der Waals surface area contributed by atoms with Gasteiger partial charge in [0, 0.05) is 18.7 Å². The highest BCUT2D eigenvalue weighted by Crippen LogP contribution is 2.39. The van der Waals surface area contributed by atoms with Crippen molar-refractivity contribution in [2.24, 2.45) is 7.05 Å². The minimum Gasteiger partial charge on any atom is -0.504 e. The van der Waals surface area contributed by atoms with E-state index in [2.05, 4.69) is 5.10 Å². The van der Waals surface area contributed by atoms with Gasteiger partial charge in [-0.25, -0.2) is 4.68 Å². The number of benzene rings is 2. The van der Waals surface area contributed by atoms with Gasteiger partial charge in [0.05, 0.1) is 9.82 Å². The molecule has 2 aromatic carbocycles. The Morgan fingerprint density at radius 3 is 2.44 bits per heavy atom. The lowest BCUT2D eigenvalue weighted by Crippen LogP contribution is -2.21. The summed E-state index contributed by atoms with van der Waals surface area (Å²) in [5, 5.41) is 25.9. The second-order valence-corrected chi connectivity index (χ2v) is 6.20. The fourth-order valence-electron chi connectivity index (χ4n) is 2.29. The summed E-state index contributed by atoms with van der Waals surface area (Å²) in [4.78, 5) is 23.3. The Morgan fingerprint density at radius 1 is 1.12 bits per heavy atom. The molecule has 126 valence electrons. The van der Waals surface area contributed by atoms with E-state index < -0.39 is 10.5 Å². The molecular weight excluding hydrogens is 342 g/mol. The van der Waals surface area contributed by atoms with Crippen molar-refractivity contribution < 1.29 is 10.0 Å². The van der Waals surface area contributed by atoms with Crippen molar-refractivity contribution in [2.75, 3.05) is 0 Å². The van der Waals surface area contributed by atoms with Crippen LogP contribution in [-0.4, -0.2) is 19.8 Å². The molecule has 0 aliphatic carbocycles. The second-order valence-electron chi connectivity index (χ2n) is 5.15. The molecule has 1 heterocycles. The van der Waals surface area contributed by atoms with Gasteiger partial charge in [-0.05, 0) is 6.07 Å². The zero-order valence-corrected chi connectivity index (χ0v) is 13.9. The van der Waals surface area contributed by atoms with Gasteiger partial charge in [0.1, 0.15) is 10.6 Å². The van der Waals surface area contributed by atoms with Gasteiger partial charge in [0.25, 0.3) is 11.2 Å². The predicted molar refractivity (Wildman–Crippen MR) is 93.8 cm³/mol. The molecule has 0 aliphatic rings. The number of aryl methyl sites for hydroxylation is 1. The summed E-state index contributed by atoms with van der Waals surface area (Å²) in [6, 6.07) is 15.0. The van der Waals surface area contributed by atoms with Gasteiger partial charge < -0.3 is 5.11 Å². The molecule has 7 nitrogen and oxygen atoms in total. The van der Waals surface area contributed by atoms with Crippen LogP contribution in [0.5, 0.6) is 5.75 Å². The van der Waals surface area contributed by atoms with Crippen molar-refractivity contribution >= 4 is 17.4 Å². The molecule has 0 fully saturated rings. The molecule has 0 spiro atoms. The van der Waals surface area contributed by atoms with Crippen LogP contribution in [0.3, 0.4) is 0 Å². The van der Waals surface area contributed by atoms with E-state index in [1.54, 1.807) is 36.4 Å². The fraction of sp³-hybridized carbons (Fsp3) is 0.0588. The first-order valence-corrected chi connectivity index (χ1v) is 8.07. The maximum absolute atomic E-state index is 12.4. The van der Waals surface area contributed by atoms with Crippen molar-refractivity contribution in [3.05, 3.63) is 75.1 Å². The van der Waals surface area contributed by atoms with Crippen molar-refractivity contribution in [1.82, 2.24) is 9.78 Å². The Hall–Kier alpha value is -3.13. The quantitative estimate of drug-likeness (QED) is 0.570. The topological polar surface area (TPSA) is 98.3 Å². The lowest BCUT2D eigenvalue weighted by atomic mass is 10.1. The first kappa shape index (κ1) is 16.7. The molecular formula is C17H13N3O4S. The van der Waals surface area contributed by atoms with E-state index in [-0.39, 0.29) is 26.9 Å². The molecule has 0 unspecified atom stereocenters. The number of para-hydroxylation sites is 1. The van der Waals surface area contributed by atoms with E-state index in [0.717, 1.165) is 16.4 Å². The number of aromatic nitrogens is 2. The highest BCUT2D eigenvalue weighted by molar-refractivity contribution is 7.99. The summed E-state index contributed by atoms with van der Waals surface area (Å²) in [6.45, 7) is 0. The standard InChI is InChI=1S/C17H13N3O4S/c1-19-17(22)16(25-13-10-6-5-9-12(13)20(23)24)15(21)14(18-19)11-7-3-2-4-8-11/h2-10,21H,1H3. The van der Waals surface area contributed by atoms with Crippen LogP contribution < -0.4 is 5.56 Å². The van der Waals surface area contributed by atoms with Gasteiger partial charge in [-0.15, -0.1) is 0 Å². The van der Waals surface area contributed by atoms with Crippen LogP contribution in [0.1, 0.15) is 0 Å². The maximum atomic E-state index is 12.4. The molecule has 0 saturated carbocycles. The third kappa shape index (κ3) is 3.24. The molecule has 3 aromatic rings. The number of nitro groups is 1. The number of nitro benzene ring substituents is 1. The van der Waals surface area contributed by atoms with E-state index in [9.17, 15) is 20.0 Å². The van der Waals surface area contributed by atoms with Crippen LogP contribution in [-0.2, 0) is 7.05 Å². The Kier molecular flexibility index (Phi) is 4.53. The van der Waals surface area contributed by atoms with Gasteiger partial charge >= 0.3 is 0 Å². The predicted octanol–water partition coefficient (Wildman–Crippen LogP) is 3.21. The van der Waals surface area contributed by atoms with Crippen LogP contribution >= 0.6 is 11.8 Å². The molecule has 8 heteroatoms. The molecule has 3 rings (SSSR count). The SMILES string of the molecule is Cn1nc(-c2ccccc2)c(O)c(Sc2ccccc2[N+](=O)[O-])c1=O. The van der Waals surface area contributed by atoms with Crippen LogP contribution in [0.2, 0.25) is 0 Å². The molecule has 25 heavy (non-hydrogen) atoms. The molecule has 0 aliphatic heterocycles. The average Bonchev–Trinajstić information content (AvgIpc) is 2.62. The number of hydrogen-bond acceptors (Lipinski definition) is 6. The van der Waals surface area contributed by atoms with Gasteiger partial charge in [0.15, 0.2) is 5.75 Å². The fourth-order valence-corrected chi connectivity index (χ4v) is 3.31. The van der Waals surface area contributed by atoms with Crippen LogP contribution in [0.4, 0.5) is 5.69 Å². The number of hydrogen-bond donors (Lipinski definition) is 1. The third-order valence-corrected chi connectivity index (χ3v) is 4.64. The van der Waals surface area contributed by atoms with E-state index >= 15 is 0 Å². The average molecular weight is 355 g/mol. The summed E-state index contributed by atoms with van der Waals surface area (Å²) in [5.41, 5.74) is 0.219. The Balaban J connectivity index is 2.16. The highest BCUT2D eigenvalue weighted by Gasteiger charge is 2.21. The van der Waals surface area contributed by atoms with E-state index in [1.165, 1.54) is 19.2 Å². The lowest BCUT2D eigenvalue weighted by molar-refractivity contribution is -0.387. The van der Waals surface area contributed by atoms with Gasteiger partial charge in [-0.2, -0.15) is 5.10 Å². The van der Waals surface area contributed by atoms with Crippen LogP contribution in [0.25, 0.3) is 11.3 Å². The Labute approximate surface area is 146 Å². The highest BCUT2D eigenvalue weighted by atomic mass is 32.2. The Bertz CT molecular complexity index is 1000. The summed E-state index contributed by atoms with van der Waals surface area (Å²) in [5.74, 6) is -0.294. The second kappa shape index (κ2) is 6.78. The van der Waals surface area contributed by atoms with Crippen LogP contribution in [0, 0.1) is 10.1 Å². The first-order valence-electron chi connectivity index (χ1n) is 7.26. The zero-order chi connectivity index (χ0) is 18.0. The molecule has 0 radical (unpaired) electrons. The van der Waals surface area contributed by atoms with Crippen LogP contribution in [0.15, 0.2) is 69.2 Å². The van der Waals surface area contributed by atoms with Crippen molar-refractivity contribution in [3.8, 4) is 17.0 Å². The summed E-state index contributed by atoms with van der Waals surface area (Å²) >= 11 is 0.854. The summed E-state index contributed by atoms with van der Waals surface area (Å²) < 4.78 is 1.11. The first-order chi connectivity index (χ1) is 12.0. The summed E-state index contributed by atoms with van der Waals surface area (Å²) in [6.07, 6.45) is 0. The lowest BCUT2D eigenvalue weighted by Gasteiger charge is -2.10. The largest absolute Gasteiger partial charge is 0.504 e. The number of nitrogens with zero attached hydrogens (tertiary/aromatic N) is 3. The van der Waals surface area contributed by atoms with Crippen molar-refractivity contribution in [2.45, 2.75) is 9.79 Å². The number of rotatable bonds is 4. The monoisotopic (exact) mass is 355 g/mol. The minimum atomic E-state index is -0.527. The van der Waals surface area contributed by atoms with Crippen molar-refractivity contribution in [3.63, 3.8) is 0 Å². The van der Waals surface area contributed by atoms with E-state index in [4.69, 9.17) is 0 Å². The number of aromatic hydroxyl groups is 1. The smallest absolute Gasteiger partial charge is 0.284 e. The van der Waals surface area contributed by atoms with Crippen molar-refractivity contribution in [1.29, 1.82) is 0 Å². The zero-order valence-electron chi connectivity index (χ0n) is 13.1. The molecule has 1 N–H and O–H groups in total. The molecule has 0 bridgehead atoms. The summed E-state index contributed by atoms with van der Waals surface area (Å²) in [7, 11) is 1.47. The van der Waals surface area contributed by atoms with E-state index in [0.29, 0.717) is 5.56 Å². The molecule has 1 aromatic heterocycles. The van der Waals surface area contributed by atoms with Gasteiger partial charge in [-0.3, -0.25) is 14.9 Å².